The van der Waals surface area contributed by atoms with Gasteiger partial charge in [-0.1, -0.05) is 29.9 Å². The topological polar surface area (TPSA) is 97.8 Å². The number of para-hydroxylation sites is 1. The van der Waals surface area contributed by atoms with Crippen LogP contribution in [0.2, 0.25) is 0 Å². The van der Waals surface area contributed by atoms with Crippen molar-refractivity contribution >= 4 is 38.5 Å². The van der Waals surface area contributed by atoms with Crippen LogP contribution in [0.25, 0.3) is 10.2 Å². The summed E-state index contributed by atoms with van der Waals surface area (Å²) in [4.78, 5) is 32.9. The molecule has 1 saturated heterocycles. The molecule has 0 unspecified atom stereocenters. The van der Waals surface area contributed by atoms with E-state index in [1.807, 2.05) is 29.2 Å². The van der Waals surface area contributed by atoms with Crippen molar-refractivity contribution < 1.29 is 14.8 Å². The van der Waals surface area contributed by atoms with E-state index in [2.05, 4.69) is 20.7 Å². The van der Waals surface area contributed by atoms with Crippen LogP contribution in [-0.2, 0) is 9.59 Å². The third kappa shape index (κ3) is 5.96. The summed E-state index contributed by atoms with van der Waals surface area (Å²) in [6.07, 6.45) is 3.17. The van der Waals surface area contributed by atoms with Crippen molar-refractivity contribution in [3.05, 3.63) is 24.3 Å². The maximum Gasteiger partial charge on any atom is 0.240 e. The molecule has 1 aliphatic rings. The van der Waals surface area contributed by atoms with Crippen molar-refractivity contribution in [3.8, 4) is 0 Å². The van der Waals surface area contributed by atoms with Crippen LogP contribution in [0.5, 0.6) is 0 Å². The number of thiazole rings is 1. The number of aromatic nitrogens is 1. The molecule has 0 aliphatic carbocycles. The summed E-state index contributed by atoms with van der Waals surface area (Å²) in [5.74, 6) is 0.104. The second-order valence-electron chi connectivity index (χ2n) is 6.91. The maximum atomic E-state index is 12.3. The van der Waals surface area contributed by atoms with Gasteiger partial charge in [0.2, 0.25) is 11.8 Å². The molecule has 9 heteroatoms. The molecule has 2 aromatic rings. The minimum atomic E-state index is -0.0728. The van der Waals surface area contributed by atoms with E-state index < -0.39 is 0 Å². The van der Waals surface area contributed by atoms with Gasteiger partial charge in [-0.15, -0.1) is 0 Å². The molecule has 8 nitrogen and oxygen atoms in total. The first kappa shape index (κ1) is 20.7. The fourth-order valence-electron chi connectivity index (χ4n) is 3.26. The zero-order chi connectivity index (χ0) is 19.8. The molecular formula is C19H27N5O3S. The monoisotopic (exact) mass is 405 g/mol. The van der Waals surface area contributed by atoms with Crippen LogP contribution in [0.4, 0.5) is 5.13 Å². The number of hydrogen-bond acceptors (Lipinski definition) is 7. The molecule has 2 heterocycles. The number of hydroxylamine groups is 1. The van der Waals surface area contributed by atoms with Gasteiger partial charge in [-0.3, -0.25) is 14.5 Å². The Bertz CT molecular complexity index is 756. The van der Waals surface area contributed by atoms with Gasteiger partial charge in [-0.25, -0.2) is 10.5 Å². The van der Waals surface area contributed by atoms with E-state index >= 15 is 0 Å². The van der Waals surface area contributed by atoms with Gasteiger partial charge in [0.15, 0.2) is 5.13 Å². The van der Waals surface area contributed by atoms with E-state index in [1.165, 1.54) is 11.3 Å². The molecule has 1 aromatic heterocycles. The zero-order valence-corrected chi connectivity index (χ0v) is 16.7. The SMILES string of the molecule is O=C(CN1CCN(C(=O)CCCCCNO)CC1)Nc1nc2ccccc2s1. The van der Waals surface area contributed by atoms with Crippen molar-refractivity contribution in [2.75, 3.05) is 44.6 Å². The minimum absolute atomic E-state index is 0.0728. The summed E-state index contributed by atoms with van der Waals surface area (Å²) in [5.41, 5.74) is 3.02. The summed E-state index contributed by atoms with van der Waals surface area (Å²) >= 11 is 1.47. The molecule has 0 bridgehead atoms. The summed E-state index contributed by atoms with van der Waals surface area (Å²) in [6, 6.07) is 7.81. The molecule has 0 saturated carbocycles. The lowest BCUT2D eigenvalue weighted by molar-refractivity contribution is -0.133. The molecule has 28 heavy (non-hydrogen) atoms. The smallest absolute Gasteiger partial charge is 0.240 e. The van der Waals surface area contributed by atoms with Gasteiger partial charge in [0.25, 0.3) is 0 Å². The van der Waals surface area contributed by atoms with Crippen LogP contribution in [0, 0.1) is 0 Å². The Kier molecular flexibility index (Phi) is 7.72. The van der Waals surface area contributed by atoms with Gasteiger partial charge in [0, 0.05) is 39.1 Å². The first-order valence-electron chi connectivity index (χ1n) is 9.68. The van der Waals surface area contributed by atoms with Crippen LogP contribution in [0.15, 0.2) is 24.3 Å². The lowest BCUT2D eigenvalue weighted by atomic mass is 10.1. The Labute approximate surface area is 168 Å². The quantitative estimate of drug-likeness (QED) is 0.436. The van der Waals surface area contributed by atoms with Crippen molar-refractivity contribution in [1.82, 2.24) is 20.3 Å². The highest BCUT2D eigenvalue weighted by molar-refractivity contribution is 7.22. The number of amides is 2. The molecule has 3 rings (SSSR count). The highest BCUT2D eigenvalue weighted by Gasteiger charge is 2.22. The number of nitrogens with one attached hydrogen (secondary N) is 2. The number of unbranched alkanes of at least 4 members (excludes halogenated alkanes) is 2. The van der Waals surface area contributed by atoms with Crippen molar-refractivity contribution in [2.24, 2.45) is 0 Å². The predicted octanol–water partition coefficient (Wildman–Crippen LogP) is 1.92. The summed E-state index contributed by atoms with van der Waals surface area (Å²) in [6.45, 7) is 3.59. The Balaban J connectivity index is 1.36. The van der Waals surface area contributed by atoms with Crippen molar-refractivity contribution in [2.45, 2.75) is 25.7 Å². The molecule has 1 fully saturated rings. The Hall–Kier alpha value is -2.07. The van der Waals surface area contributed by atoms with E-state index in [0.717, 1.165) is 29.5 Å². The Morgan fingerprint density at radius 3 is 2.64 bits per heavy atom. The average Bonchev–Trinajstić information content (AvgIpc) is 3.10. The first-order valence-corrected chi connectivity index (χ1v) is 10.5. The van der Waals surface area contributed by atoms with Crippen molar-refractivity contribution in [1.29, 1.82) is 0 Å². The number of rotatable bonds is 9. The van der Waals surface area contributed by atoms with Crippen molar-refractivity contribution in [3.63, 3.8) is 0 Å². The summed E-state index contributed by atoms with van der Waals surface area (Å²) < 4.78 is 1.05. The van der Waals surface area contributed by atoms with E-state index in [1.54, 1.807) is 0 Å². The molecule has 1 aliphatic heterocycles. The molecule has 0 atom stereocenters. The highest BCUT2D eigenvalue weighted by atomic mass is 32.1. The average molecular weight is 406 g/mol. The lowest BCUT2D eigenvalue weighted by Gasteiger charge is -2.34. The van der Waals surface area contributed by atoms with Gasteiger partial charge in [-0.2, -0.15) is 0 Å². The zero-order valence-electron chi connectivity index (χ0n) is 15.9. The Morgan fingerprint density at radius 2 is 1.89 bits per heavy atom. The Morgan fingerprint density at radius 1 is 1.11 bits per heavy atom. The number of piperazine rings is 1. The minimum Gasteiger partial charge on any atom is -0.340 e. The summed E-state index contributed by atoms with van der Waals surface area (Å²) in [5, 5.41) is 12.0. The molecule has 152 valence electrons. The van der Waals surface area contributed by atoms with Crippen LogP contribution in [0.3, 0.4) is 0 Å². The molecular weight excluding hydrogens is 378 g/mol. The predicted molar refractivity (Wildman–Crippen MR) is 110 cm³/mol. The largest absolute Gasteiger partial charge is 0.340 e. The van der Waals surface area contributed by atoms with Crippen LogP contribution >= 0.6 is 11.3 Å². The van der Waals surface area contributed by atoms with E-state index in [9.17, 15) is 9.59 Å². The van der Waals surface area contributed by atoms with Gasteiger partial charge in [0.05, 0.1) is 16.8 Å². The normalized spacial score (nSPS) is 15.1. The second-order valence-corrected chi connectivity index (χ2v) is 7.94. The second kappa shape index (κ2) is 10.5. The van der Waals surface area contributed by atoms with Gasteiger partial charge < -0.3 is 15.4 Å². The lowest BCUT2D eigenvalue weighted by Crippen LogP contribution is -2.50. The van der Waals surface area contributed by atoms with Crippen LogP contribution in [0.1, 0.15) is 25.7 Å². The van der Waals surface area contributed by atoms with Gasteiger partial charge >= 0.3 is 0 Å². The van der Waals surface area contributed by atoms with E-state index in [4.69, 9.17) is 5.21 Å². The fourth-order valence-corrected chi connectivity index (χ4v) is 4.14. The number of fused-ring (bicyclic) bond motifs is 1. The maximum absolute atomic E-state index is 12.3. The number of carbonyl (C=O) groups excluding carboxylic acids is 2. The van der Waals surface area contributed by atoms with Crippen LogP contribution in [-0.4, -0.2) is 71.1 Å². The number of hydrogen-bond donors (Lipinski definition) is 3. The molecule has 3 N–H and O–H groups in total. The molecule has 0 spiro atoms. The number of carbonyl (C=O) groups is 2. The van der Waals surface area contributed by atoms with Crippen LogP contribution < -0.4 is 10.8 Å². The number of benzene rings is 1. The highest BCUT2D eigenvalue weighted by Crippen LogP contribution is 2.25. The van der Waals surface area contributed by atoms with Gasteiger partial charge in [-0.05, 0) is 25.0 Å². The van der Waals surface area contributed by atoms with Gasteiger partial charge in [0.1, 0.15) is 0 Å². The number of nitrogens with zero attached hydrogens (tertiary/aromatic N) is 3. The fraction of sp³-hybridized carbons (Fsp3) is 0.526. The van der Waals surface area contributed by atoms with E-state index in [-0.39, 0.29) is 11.8 Å². The summed E-state index contributed by atoms with van der Waals surface area (Å²) in [7, 11) is 0. The molecule has 2 amide bonds. The van der Waals surface area contributed by atoms with E-state index in [0.29, 0.717) is 50.8 Å². The standard InChI is InChI=1S/C19H27N5O3S/c25-17(22-19-21-15-6-3-4-7-16(15)28-19)14-23-10-12-24(13-11-23)18(26)8-2-1-5-9-20-27/h3-4,6-7,20,27H,1-2,5,8-14H2,(H,21,22,25). The molecule has 0 radical (unpaired) electrons. The third-order valence-electron chi connectivity index (χ3n) is 4.81. The first-order chi connectivity index (χ1) is 13.7. The number of anilines is 1. The molecule has 1 aromatic carbocycles. The third-order valence-corrected chi connectivity index (χ3v) is 5.76.